The van der Waals surface area contributed by atoms with E-state index in [1.807, 2.05) is 81.6 Å². The number of aliphatic carboxylic acids is 1. The van der Waals surface area contributed by atoms with Gasteiger partial charge in [0.15, 0.2) is 18.0 Å². The van der Waals surface area contributed by atoms with Crippen molar-refractivity contribution in [1.82, 2.24) is 34.4 Å². The van der Waals surface area contributed by atoms with Crippen LogP contribution < -0.4 is 14.4 Å². The molecule has 4 atom stereocenters. The summed E-state index contributed by atoms with van der Waals surface area (Å²) >= 11 is 0. The molecule has 5 fully saturated rings. The van der Waals surface area contributed by atoms with E-state index in [2.05, 4.69) is 16.1 Å². The van der Waals surface area contributed by atoms with E-state index < -0.39 is 17.6 Å². The zero-order valence-electron chi connectivity index (χ0n) is 41.4. The lowest BCUT2D eigenvalue weighted by Crippen LogP contribution is -2.50. The molecule has 16 nitrogen and oxygen atoms in total. The molecule has 11 rings (SSSR count). The van der Waals surface area contributed by atoms with Crippen molar-refractivity contribution in [3.8, 4) is 34.0 Å². The highest BCUT2D eigenvalue weighted by Crippen LogP contribution is 2.54. The van der Waals surface area contributed by atoms with Gasteiger partial charge in [0.2, 0.25) is 0 Å². The molecule has 1 amide bonds. The van der Waals surface area contributed by atoms with Crippen LogP contribution in [0.4, 0.5) is 15.0 Å². The number of fused-ring (bicyclic) bond motifs is 4. The number of carbonyl (C=O) groups excluding carboxylic acids is 1. The minimum atomic E-state index is -0.932. The van der Waals surface area contributed by atoms with E-state index >= 15 is 4.39 Å². The van der Waals surface area contributed by atoms with Gasteiger partial charge in [0.05, 0.1) is 43.2 Å². The molecule has 1 saturated carbocycles. The molecule has 1 aliphatic carbocycles. The average Bonchev–Trinajstić information content (AvgIpc) is 3.61. The van der Waals surface area contributed by atoms with E-state index in [-0.39, 0.29) is 60.8 Å². The maximum atomic E-state index is 16.8. The van der Waals surface area contributed by atoms with Crippen LogP contribution >= 0.6 is 0 Å². The Hall–Kier alpha value is -6.33. The predicted octanol–water partition coefficient (Wildman–Crippen LogP) is 10.2. The van der Waals surface area contributed by atoms with Crippen LogP contribution in [0.1, 0.15) is 121 Å². The first-order valence-electron chi connectivity index (χ1n) is 25.4. The van der Waals surface area contributed by atoms with E-state index in [0.717, 1.165) is 77.1 Å². The molecule has 7 heterocycles. The summed E-state index contributed by atoms with van der Waals surface area (Å²) in [6.07, 6.45) is 11.3. The molecular weight excluding hydrogens is 908 g/mol. The van der Waals surface area contributed by atoms with Gasteiger partial charge in [0.1, 0.15) is 35.5 Å². The lowest BCUT2D eigenvalue weighted by molar-refractivity contribution is -0.142. The number of carboxylic acids is 1. The number of halogens is 1. The molecule has 17 heteroatoms. The summed E-state index contributed by atoms with van der Waals surface area (Å²) in [6, 6.07) is 11.1. The first kappa shape index (κ1) is 47.0. The SMILES string of the molecule is Cc1c(F)cc2c(cnn2C2CCCCO2)c1-c1c(C2CC2)cc2c(N3C[C@@H]4C[C@H]3CN4C(=O)OC(C)(C)C)nc(OC3CCOCC3)nc2c1OCc1ccc(-c2cnn(C(C(=O)O)C(C)C)c2)cc1. The zero-order valence-corrected chi connectivity index (χ0v) is 41.4. The van der Waals surface area contributed by atoms with Gasteiger partial charge in [-0.25, -0.2) is 18.7 Å². The predicted molar refractivity (Wildman–Crippen MR) is 264 cm³/mol. The number of carboxylic acid groups (broad SMARTS) is 1. The molecule has 2 unspecified atom stereocenters. The molecule has 0 radical (unpaired) electrons. The minimum Gasteiger partial charge on any atom is -0.486 e. The Morgan fingerprint density at radius 1 is 0.901 bits per heavy atom. The molecule has 5 aliphatic rings. The second kappa shape index (κ2) is 18.7. The van der Waals surface area contributed by atoms with Gasteiger partial charge in [0.25, 0.3) is 0 Å². The van der Waals surface area contributed by atoms with Crippen molar-refractivity contribution < 1.29 is 42.8 Å². The monoisotopic (exact) mass is 970 g/mol. The molecule has 71 heavy (non-hydrogen) atoms. The van der Waals surface area contributed by atoms with Crippen LogP contribution in [0.2, 0.25) is 0 Å². The van der Waals surface area contributed by atoms with Gasteiger partial charge in [-0.05, 0) is 106 Å². The fourth-order valence-corrected chi connectivity index (χ4v) is 11.0. The van der Waals surface area contributed by atoms with Gasteiger partial charge >= 0.3 is 18.1 Å². The maximum absolute atomic E-state index is 16.8. The molecule has 374 valence electrons. The Labute approximate surface area is 412 Å². The van der Waals surface area contributed by atoms with Gasteiger partial charge in [-0.1, -0.05) is 38.1 Å². The summed E-state index contributed by atoms with van der Waals surface area (Å²) in [4.78, 5) is 40.2. The van der Waals surface area contributed by atoms with E-state index in [9.17, 15) is 14.7 Å². The third-order valence-electron chi connectivity index (χ3n) is 14.8. The van der Waals surface area contributed by atoms with Crippen molar-refractivity contribution in [2.24, 2.45) is 5.92 Å². The van der Waals surface area contributed by atoms with Crippen molar-refractivity contribution >= 4 is 39.7 Å². The molecule has 4 aliphatic heterocycles. The average molecular weight is 971 g/mol. The number of benzene rings is 3. The highest BCUT2D eigenvalue weighted by molar-refractivity contribution is 6.06. The van der Waals surface area contributed by atoms with Gasteiger partial charge < -0.3 is 38.6 Å². The van der Waals surface area contributed by atoms with E-state index in [0.29, 0.717) is 79.5 Å². The highest BCUT2D eigenvalue weighted by atomic mass is 19.1. The van der Waals surface area contributed by atoms with Gasteiger partial charge in [0, 0.05) is 72.3 Å². The largest absolute Gasteiger partial charge is 0.486 e. The summed E-state index contributed by atoms with van der Waals surface area (Å²) < 4.78 is 51.8. The molecule has 3 aromatic heterocycles. The van der Waals surface area contributed by atoms with Crippen molar-refractivity contribution in [2.75, 3.05) is 37.8 Å². The number of anilines is 1. The maximum Gasteiger partial charge on any atom is 0.410 e. The molecule has 1 N–H and O–H groups in total. The van der Waals surface area contributed by atoms with E-state index in [1.165, 1.54) is 4.68 Å². The number of hydrogen-bond acceptors (Lipinski definition) is 12. The lowest BCUT2D eigenvalue weighted by atomic mass is 9.88. The minimum absolute atomic E-state index is 0.0288. The number of carbonyl (C=O) groups is 2. The van der Waals surface area contributed by atoms with Crippen LogP contribution in [0.5, 0.6) is 11.8 Å². The number of aromatic nitrogens is 6. The summed E-state index contributed by atoms with van der Waals surface area (Å²) in [5.74, 6) is -0.0546. The molecule has 6 aromatic rings. The Kier molecular flexibility index (Phi) is 12.4. The third-order valence-corrected chi connectivity index (χ3v) is 14.8. The number of ether oxygens (including phenoxy) is 5. The second-order valence-electron chi connectivity index (χ2n) is 21.4. The fraction of sp³-hybridized carbons (Fsp3) is 0.519. The lowest BCUT2D eigenvalue weighted by Gasteiger charge is -2.36. The Bertz CT molecular complexity index is 2990. The zero-order chi connectivity index (χ0) is 49.3. The van der Waals surface area contributed by atoms with Gasteiger partial charge in [-0.3, -0.25) is 4.68 Å². The normalized spacial score (nSPS) is 21.2. The number of nitrogens with zero attached hydrogens (tertiary/aromatic N) is 8. The van der Waals surface area contributed by atoms with Gasteiger partial charge in [-0.2, -0.15) is 20.2 Å². The molecule has 2 bridgehead atoms. The van der Waals surface area contributed by atoms with Crippen LogP contribution in [-0.2, 0) is 25.6 Å². The Balaban J connectivity index is 1.06. The van der Waals surface area contributed by atoms with Crippen LogP contribution in [0, 0.1) is 18.7 Å². The first-order valence-corrected chi connectivity index (χ1v) is 25.4. The third kappa shape index (κ3) is 9.15. The van der Waals surface area contributed by atoms with Crippen LogP contribution in [0.15, 0.2) is 55.0 Å². The van der Waals surface area contributed by atoms with Crippen molar-refractivity contribution in [2.45, 2.75) is 141 Å². The second-order valence-corrected chi connectivity index (χ2v) is 21.4. The quantitative estimate of drug-likeness (QED) is 0.116. The summed E-state index contributed by atoms with van der Waals surface area (Å²) in [5, 5.41) is 20.8. The van der Waals surface area contributed by atoms with Crippen LogP contribution in [-0.4, -0.2) is 108 Å². The van der Waals surface area contributed by atoms with Crippen molar-refractivity contribution in [3.63, 3.8) is 0 Å². The van der Waals surface area contributed by atoms with E-state index in [4.69, 9.17) is 38.8 Å². The highest BCUT2D eigenvalue weighted by Gasteiger charge is 2.48. The number of amides is 1. The van der Waals surface area contributed by atoms with Gasteiger partial charge in [-0.15, -0.1) is 0 Å². The van der Waals surface area contributed by atoms with Crippen molar-refractivity contribution in [1.29, 1.82) is 0 Å². The Morgan fingerprint density at radius 2 is 1.69 bits per heavy atom. The van der Waals surface area contributed by atoms with Crippen LogP contribution in [0.3, 0.4) is 0 Å². The standard InChI is InChI=1S/C54H63FN8O8/c1-30(2)48(51(64)65)62-26-35(24-56-62)33-12-10-32(11-13-33)29-69-49-46(45-31(3)42(55)23-43-41(45)25-57-63(43)44-9-7-8-18-68-44)39(34-14-15-34)22-40-47(49)58-52(70-38-16-19-67-20-17-38)59-50(40)60-27-37-21-36(60)28-61(37)53(66)71-54(4,5)6/h10-13,22-26,30,34,36-38,44,48H,7-9,14-21,27-29H2,1-6H3,(H,64,65)/t36-,37-,44?,48?/m0/s1. The molecule has 4 saturated heterocycles. The topological polar surface area (TPSA) is 168 Å². The summed E-state index contributed by atoms with van der Waals surface area (Å²) in [5.41, 5.74) is 6.11. The summed E-state index contributed by atoms with van der Waals surface area (Å²) in [7, 11) is 0. The molecule has 0 spiro atoms. The fourth-order valence-electron chi connectivity index (χ4n) is 11.0. The van der Waals surface area contributed by atoms with Crippen LogP contribution in [0.25, 0.3) is 44.1 Å². The first-order chi connectivity index (χ1) is 34.2. The van der Waals surface area contributed by atoms with E-state index in [1.54, 1.807) is 18.5 Å². The number of piperazine rings is 1. The number of likely N-dealkylation sites (tertiary alicyclic amines) is 1. The summed E-state index contributed by atoms with van der Waals surface area (Å²) in [6.45, 7) is 14.2. The molecular formula is C54H63FN8O8. The van der Waals surface area contributed by atoms with Crippen molar-refractivity contribution in [3.05, 3.63) is 77.5 Å². The molecule has 3 aromatic carbocycles. The number of rotatable bonds is 13. The number of hydrogen-bond donors (Lipinski definition) is 1. The smallest absolute Gasteiger partial charge is 0.410 e. The Morgan fingerprint density at radius 3 is 2.37 bits per heavy atom.